The monoisotopic (exact) mass is 268 g/mol. The molecule has 1 fully saturated rings. The van der Waals surface area contributed by atoms with E-state index < -0.39 is 11.5 Å². The summed E-state index contributed by atoms with van der Waals surface area (Å²) in [6.07, 6.45) is -0.591. The maximum atomic E-state index is 12.6. The lowest BCUT2D eigenvalue weighted by atomic mass is 9.72. The smallest absolute Gasteiger partial charge is 0.252 e. The van der Waals surface area contributed by atoms with Crippen molar-refractivity contribution in [3.05, 3.63) is 15.0 Å². The van der Waals surface area contributed by atoms with E-state index in [1.165, 1.54) is 11.3 Å². The number of aromatic nitrogens is 1. The summed E-state index contributed by atoms with van der Waals surface area (Å²) in [7, 11) is 0. The summed E-state index contributed by atoms with van der Waals surface area (Å²) >= 11 is 4.53. The highest BCUT2D eigenvalue weighted by molar-refractivity contribution is 9.11. The van der Waals surface area contributed by atoms with Crippen LogP contribution in [0.4, 0.5) is 8.78 Å². The lowest BCUT2D eigenvalue weighted by Gasteiger charge is -2.43. The Morgan fingerprint density at radius 3 is 2.54 bits per heavy atom. The van der Waals surface area contributed by atoms with Gasteiger partial charge in [0.25, 0.3) is 5.92 Å². The lowest BCUT2D eigenvalue weighted by Crippen LogP contribution is -2.55. The largest absolute Gasteiger partial charge is 0.320 e. The lowest BCUT2D eigenvalue weighted by molar-refractivity contribution is -0.126. The summed E-state index contributed by atoms with van der Waals surface area (Å²) < 4.78 is 25.9. The third kappa shape index (κ3) is 1.62. The second kappa shape index (κ2) is 2.71. The fraction of sp³-hybridized carbons (Fsp3) is 0.571. The van der Waals surface area contributed by atoms with Crippen LogP contribution in [0.2, 0.25) is 0 Å². The Bertz CT molecular complexity index is 331. The standard InChI is InChI=1S/C7H7BrF2N2S/c8-5-12-4(1-13-5)6(11)2-7(9,10)3-6/h1H,2-3,11H2. The molecular formula is C7H7BrF2N2S. The number of hydrogen-bond donors (Lipinski definition) is 1. The van der Waals surface area contributed by atoms with Crippen LogP contribution in [-0.4, -0.2) is 10.9 Å². The second-order valence-corrected chi connectivity index (χ2v) is 5.49. The number of nitrogens with two attached hydrogens (primary N) is 1. The number of nitrogens with zero attached hydrogens (tertiary/aromatic N) is 1. The minimum Gasteiger partial charge on any atom is -0.320 e. The summed E-state index contributed by atoms with van der Waals surface area (Å²) in [5.41, 5.74) is 5.41. The predicted molar refractivity (Wildman–Crippen MR) is 49.9 cm³/mol. The van der Waals surface area contributed by atoms with Gasteiger partial charge in [0.15, 0.2) is 3.92 Å². The molecule has 1 aliphatic carbocycles. The summed E-state index contributed by atoms with van der Waals surface area (Å²) in [5.74, 6) is -2.61. The second-order valence-electron chi connectivity index (χ2n) is 3.35. The Morgan fingerprint density at radius 2 is 2.15 bits per heavy atom. The van der Waals surface area contributed by atoms with Crippen LogP contribution in [0.1, 0.15) is 18.5 Å². The first-order valence-corrected chi connectivity index (χ1v) is 5.37. The van der Waals surface area contributed by atoms with Crippen LogP contribution in [0.25, 0.3) is 0 Å². The third-order valence-corrected chi connectivity index (χ3v) is 3.50. The zero-order chi connectivity index (χ0) is 9.69. The fourth-order valence-corrected chi connectivity index (χ4v) is 2.65. The van der Waals surface area contributed by atoms with Crippen molar-refractivity contribution in [2.45, 2.75) is 24.3 Å². The molecule has 2 nitrogen and oxygen atoms in total. The van der Waals surface area contributed by atoms with Crippen molar-refractivity contribution < 1.29 is 8.78 Å². The summed E-state index contributed by atoms with van der Waals surface area (Å²) in [6.45, 7) is 0. The van der Waals surface area contributed by atoms with Gasteiger partial charge in [-0.25, -0.2) is 13.8 Å². The average Bonchev–Trinajstić information content (AvgIpc) is 2.31. The van der Waals surface area contributed by atoms with E-state index in [9.17, 15) is 8.78 Å². The van der Waals surface area contributed by atoms with Crippen molar-refractivity contribution in [3.8, 4) is 0 Å². The highest BCUT2D eigenvalue weighted by Gasteiger charge is 2.56. The summed E-state index contributed by atoms with van der Waals surface area (Å²) in [6, 6.07) is 0. The van der Waals surface area contributed by atoms with Crippen LogP contribution in [0.5, 0.6) is 0 Å². The van der Waals surface area contributed by atoms with E-state index >= 15 is 0 Å². The highest BCUT2D eigenvalue weighted by atomic mass is 79.9. The van der Waals surface area contributed by atoms with Crippen LogP contribution in [0.15, 0.2) is 9.30 Å². The van der Waals surface area contributed by atoms with Crippen LogP contribution in [0.3, 0.4) is 0 Å². The Labute approximate surface area is 86.3 Å². The van der Waals surface area contributed by atoms with Crippen molar-refractivity contribution in [1.29, 1.82) is 0 Å². The molecule has 0 bridgehead atoms. The van der Waals surface area contributed by atoms with E-state index in [4.69, 9.17) is 5.73 Å². The third-order valence-electron chi connectivity index (χ3n) is 2.13. The zero-order valence-electron chi connectivity index (χ0n) is 6.56. The molecule has 1 heterocycles. The van der Waals surface area contributed by atoms with Crippen molar-refractivity contribution in [1.82, 2.24) is 4.98 Å². The van der Waals surface area contributed by atoms with Crippen LogP contribution in [0, 0.1) is 0 Å². The maximum absolute atomic E-state index is 12.6. The molecule has 0 saturated heterocycles. The van der Waals surface area contributed by atoms with Crippen LogP contribution >= 0.6 is 27.3 Å². The first kappa shape index (κ1) is 9.48. The Morgan fingerprint density at radius 1 is 1.54 bits per heavy atom. The topological polar surface area (TPSA) is 38.9 Å². The van der Waals surface area contributed by atoms with Gasteiger partial charge >= 0.3 is 0 Å². The number of alkyl halides is 2. The molecule has 1 aromatic heterocycles. The van der Waals surface area contributed by atoms with Gasteiger partial charge in [-0.2, -0.15) is 0 Å². The molecule has 0 spiro atoms. The van der Waals surface area contributed by atoms with Gasteiger partial charge in [0.2, 0.25) is 0 Å². The summed E-state index contributed by atoms with van der Waals surface area (Å²) in [5, 5.41) is 1.72. The van der Waals surface area contributed by atoms with Gasteiger partial charge in [-0.05, 0) is 15.9 Å². The molecule has 0 aliphatic heterocycles. The van der Waals surface area contributed by atoms with Gasteiger partial charge in [0.1, 0.15) is 0 Å². The minimum atomic E-state index is -2.61. The van der Waals surface area contributed by atoms with Gasteiger partial charge in [0, 0.05) is 18.2 Å². The van der Waals surface area contributed by atoms with E-state index in [0.717, 1.165) is 0 Å². The predicted octanol–water partition coefficient (Wildman–Crippen LogP) is 2.49. The highest BCUT2D eigenvalue weighted by Crippen LogP contribution is 2.49. The quantitative estimate of drug-likeness (QED) is 0.850. The number of hydrogen-bond acceptors (Lipinski definition) is 3. The van der Waals surface area contributed by atoms with Crippen molar-refractivity contribution in [2.24, 2.45) is 5.73 Å². The molecular weight excluding hydrogens is 262 g/mol. The SMILES string of the molecule is NC1(c2csc(Br)n2)CC(F)(F)C1. The average molecular weight is 269 g/mol. The van der Waals surface area contributed by atoms with E-state index in [0.29, 0.717) is 9.61 Å². The Kier molecular flexibility index (Phi) is 1.98. The molecule has 0 amide bonds. The normalized spacial score (nSPS) is 24.0. The molecule has 1 saturated carbocycles. The molecule has 2 rings (SSSR count). The molecule has 13 heavy (non-hydrogen) atoms. The molecule has 0 unspecified atom stereocenters. The maximum Gasteiger partial charge on any atom is 0.252 e. The molecule has 0 radical (unpaired) electrons. The molecule has 1 aromatic rings. The molecule has 0 atom stereocenters. The fourth-order valence-electron chi connectivity index (χ4n) is 1.53. The van der Waals surface area contributed by atoms with E-state index in [2.05, 4.69) is 20.9 Å². The number of halogens is 3. The Hall–Kier alpha value is -0.0700. The molecule has 72 valence electrons. The van der Waals surface area contributed by atoms with Gasteiger partial charge in [-0.3, -0.25) is 0 Å². The van der Waals surface area contributed by atoms with Crippen LogP contribution in [-0.2, 0) is 5.54 Å². The van der Waals surface area contributed by atoms with Crippen molar-refractivity contribution in [3.63, 3.8) is 0 Å². The number of rotatable bonds is 1. The molecule has 0 aromatic carbocycles. The molecule has 1 aliphatic rings. The zero-order valence-corrected chi connectivity index (χ0v) is 8.96. The van der Waals surface area contributed by atoms with E-state index in [1.807, 2.05) is 0 Å². The van der Waals surface area contributed by atoms with Gasteiger partial charge in [-0.15, -0.1) is 11.3 Å². The van der Waals surface area contributed by atoms with E-state index in [1.54, 1.807) is 5.38 Å². The summed E-state index contributed by atoms with van der Waals surface area (Å²) in [4.78, 5) is 4.05. The van der Waals surface area contributed by atoms with Crippen LogP contribution < -0.4 is 5.73 Å². The van der Waals surface area contributed by atoms with E-state index in [-0.39, 0.29) is 12.8 Å². The van der Waals surface area contributed by atoms with Gasteiger partial charge < -0.3 is 5.73 Å². The van der Waals surface area contributed by atoms with Crippen molar-refractivity contribution >= 4 is 27.3 Å². The minimum absolute atomic E-state index is 0.295. The first-order chi connectivity index (χ1) is 5.91. The van der Waals surface area contributed by atoms with Gasteiger partial charge in [-0.1, -0.05) is 0 Å². The molecule has 6 heteroatoms. The molecule has 2 N–H and O–H groups in total. The van der Waals surface area contributed by atoms with Gasteiger partial charge in [0.05, 0.1) is 11.2 Å². The first-order valence-electron chi connectivity index (χ1n) is 3.70. The number of thiazole rings is 1. The van der Waals surface area contributed by atoms with Crippen molar-refractivity contribution in [2.75, 3.05) is 0 Å². The Balaban J connectivity index is 2.20.